The van der Waals surface area contributed by atoms with E-state index in [1.807, 2.05) is 0 Å². The molecule has 0 radical (unpaired) electrons. The van der Waals surface area contributed by atoms with Crippen LogP contribution in [0.5, 0.6) is 5.75 Å². The molecular formula is C15H16ClN3O4S. The fourth-order valence-corrected chi connectivity index (χ4v) is 3.08. The van der Waals surface area contributed by atoms with E-state index in [0.29, 0.717) is 11.4 Å². The molecule has 0 saturated carbocycles. The van der Waals surface area contributed by atoms with Crippen molar-refractivity contribution < 1.29 is 17.9 Å². The van der Waals surface area contributed by atoms with Gasteiger partial charge in [0.05, 0.1) is 36.0 Å². The van der Waals surface area contributed by atoms with Crippen molar-refractivity contribution in [2.24, 2.45) is 0 Å². The average molecular weight is 370 g/mol. The van der Waals surface area contributed by atoms with Gasteiger partial charge in [0.25, 0.3) is 0 Å². The number of nitrogens with one attached hydrogen (secondary N) is 1. The molecule has 7 nitrogen and oxygen atoms in total. The van der Waals surface area contributed by atoms with Crippen LogP contribution >= 0.6 is 11.6 Å². The van der Waals surface area contributed by atoms with Gasteiger partial charge < -0.3 is 10.1 Å². The Labute approximate surface area is 145 Å². The molecular weight excluding hydrogens is 354 g/mol. The number of benzene rings is 1. The molecule has 0 aliphatic rings. The van der Waals surface area contributed by atoms with Crippen LogP contribution in [0.15, 0.2) is 42.7 Å². The van der Waals surface area contributed by atoms with Gasteiger partial charge in [0, 0.05) is 6.20 Å². The van der Waals surface area contributed by atoms with E-state index in [2.05, 4.69) is 10.3 Å². The highest BCUT2D eigenvalue weighted by molar-refractivity contribution is 7.92. The van der Waals surface area contributed by atoms with Crippen LogP contribution in [0, 0.1) is 0 Å². The minimum absolute atomic E-state index is 0.247. The Balaban J connectivity index is 2.23. The third kappa shape index (κ3) is 4.59. The Hall–Kier alpha value is -2.32. The second kappa shape index (κ2) is 7.50. The lowest BCUT2D eigenvalue weighted by Gasteiger charge is -2.22. The number of carbonyl (C=O) groups is 1. The topological polar surface area (TPSA) is 88.6 Å². The van der Waals surface area contributed by atoms with Gasteiger partial charge in [-0.1, -0.05) is 11.6 Å². The molecule has 0 bridgehead atoms. The van der Waals surface area contributed by atoms with Gasteiger partial charge in [-0.2, -0.15) is 0 Å². The van der Waals surface area contributed by atoms with Crippen molar-refractivity contribution in [3.05, 3.63) is 47.7 Å². The number of aromatic nitrogens is 1. The minimum atomic E-state index is -3.68. The van der Waals surface area contributed by atoms with Crippen molar-refractivity contribution in [2.45, 2.75) is 0 Å². The van der Waals surface area contributed by atoms with Crippen molar-refractivity contribution in [1.82, 2.24) is 4.98 Å². The maximum atomic E-state index is 12.1. The summed E-state index contributed by atoms with van der Waals surface area (Å²) < 4.78 is 30.1. The molecule has 9 heteroatoms. The van der Waals surface area contributed by atoms with Crippen LogP contribution in [0.25, 0.3) is 0 Å². The molecule has 0 unspecified atom stereocenters. The second-order valence-corrected chi connectivity index (χ2v) is 7.19. The van der Waals surface area contributed by atoms with Crippen molar-refractivity contribution in [2.75, 3.05) is 29.5 Å². The zero-order chi connectivity index (χ0) is 17.7. The number of nitrogens with zero attached hydrogens (tertiary/aromatic N) is 2. The van der Waals surface area contributed by atoms with E-state index in [1.165, 1.54) is 31.5 Å². The highest BCUT2D eigenvalue weighted by Gasteiger charge is 2.22. The zero-order valence-electron chi connectivity index (χ0n) is 13.1. The molecule has 1 aromatic heterocycles. The third-order valence-corrected chi connectivity index (χ3v) is 4.49. The maximum Gasteiger partial charge on any atom is 0.245 e. The molecule has 1 N–H and O–H groups in total. The van der Waals surface area contributed by atoms with Crippen molar-refractivity contribution >= 4 is 38.9 Å². The van der Waals surface area contributed by atoms with Gasteiger partial charge in [0.15, 0.2) is 0 Å². The van der Waals surface area contributed by atoms with Gasteiger partial charge in [0.1, 0.15) is 12.3 Å². The second-order valence-electron chi connectivity index (χ2n) is 4.88. The number of rotatable bonds is 6. The van der Waals surface area contributed by atoms with E-state index in [1.54, 1.807) is 18.3 Å². The predicted molar refractivity (Wildman–Crippen MR) is 93.1 cm³/mol. The SMILES string of the molecule is COc1ccc(N(CC(=O)Nc2cccnc2)S(C)(=O)=O)cc1Cl. The first-order chi connectivity index (χ1) is 11.3. The Morgan fingerprint density at radius 1 is 1.38 bits per heavy atom. The number of methoxy groups -OCH3 is 1. The predicted octanol–water partition coefficient (Wildman–Crippen LogP) is 2.15. The largest absolute Gasteiger partial charge is 0.495 e. The van der Waals surface area contributed by atoms with Crippen LogP contribution in [-0.2, 0) is 14.8 Å². The lowest BCUT2D eigenvalue weighted by atomic mass is 10.3. The first-order valence-corrected chi connectivity index (χ1v) is 9.05. The number of amides is 1. The van der Waals surface area contributed by atoms with Crippen LogP contribution in [-0.4, -0.2) is 39.2 Å². The van der Waals surface area contributed by atoms with Gasteiger partial charge in [-0.15, -0.1) is 0 Å². The van der Waals surface area contributed by atoms with Crippen LogP contribution in [0.1, 0.15) is 0 Å². The number of anilines is 2. The summed E-state index contributed by atoms with van der Waals surface area (Å²) in [4.78, 5) is 16.0. The van der Waals surface area contributed by atoms with E-state index in [9.17, 15) is 13.2 Å². The molecule has 0 atom stereocenters. The summed E-state index contributed by atoms with van der Waals surface area (Å²) >= 11 is 6.03. The Morgan fingerprint density at radius 2 is 2.12 bits per heavy atom. The first-order valence-electron chi connectivity index (χ1n) is 6.82. The number of carbonyl (C=O) groups excluding carboxylic acids is 1. The number of hydrogen-bond acceptors (Lipinski definition) is 5. The van der Waals surface area contributed by atoms with Crippen LogP contribution < -0.4 is 14.4 Å². The van der Waals surface area contributed by atoms with E-state index < -0.39 is 22.5 Å². The van der Waals surface area contributed by atoms with E-state index >= 15 is 0 Å². The van der Waals surface area contributed by atoms with Crippen LogP contribution in [0.3, 0.4) is 0 Å². The van der Waals surface area contributed by atoms with Crippen molar-refractivity contribution in [1.29, 1.82) is 0 Å². The summed E-state index contributed by atoms with van der Waals surface area (Å²) in [6.45, 7) is -0.392. The summed E-state index contributed by atoms with van der Waals surface area (Å²) in [5.41, 5.74) is 0.744. The molecule has 1 heterocycles. The van der Waals surface area contributed by atoms with Crippen molar-refractivity contribution in [3.63, 3.8) is 0 Å². The third-order valence-electron chi connectivity index (χ3n) is 3.06. The Morgan fingerprint density at radius 3 is 2.67 bits per heavy atom. The van der Waals surface area contributed by atoms with Crippen molar-refractivity contribution in [3.8, 4) is 5.75 Å². The lowest BCUT2D eigenvalue weighted by Crippen LogP contribution is -2.37. The van der Waals surface area contributed by atoms with E-state index in [4.69, 9.17) is 16.3 Å². The summed E-state index contributed by atoms with van der Waals surface area (Å²) in [7, 11) is -2.23. The summed E-state index contributed by atoms with van der Waals surface area (Å²) in [6, 6.07) is 7.80. The van der Waals surface area contributed by atoms with Gasteiger partial charge in [-0.3, -0.25) is 14.1 Å². The Kier molecular flexibility index (Phi) is 5.63. The summed E-state index contributed by atoms with van der Waals surface area (Å²) in [6.07, 6.45) is 4.05. The number of halogens is 1. The van der Waals surface area contributed by atoms with Crippen LogP contribution in [0.2, 0.25) is 5.02 Å². The Bertz CT molecular complexity index is 828. The monoisotopic (exact) mass is 369 g/mol. The average Bonchev–Trinajstić information content (AvgIpc) is 2.52. The summed E-state index contributed by atoms with van der Waals surface area (Å²) in [5.74, 6) is -0.0888. The zero-order valence-corrected chi connectivity index (χ0v) is 14.6. The van der Waals surface area contributed by atoms with Gasteiger partial charge in [0.2, 0.25) is 15.9 Å². The van der Waals surface area contributed by atoms with Gasteiger partial charge in [-0.25, -0.2) is 8.42 Å². The number of sulfonamides is 1. The highest BCUT2D eigenvalue weighted by Crippen LogP contribution is 2.30. The number of ether oxygens (including phenoxy) is 1. The molecule has 0 saturated heterocycles. The molecule has 2 aromatic rings. The maximum absolute atomic E-state index is 12.1. The smallest absolute Gasteiger partial charge is 0.245 e. The molecule has 24 heavy (non-hydrogen) atoms. The molecule has 0 aliphatic carbocycles. The molecule has 0 spiro atoms. The molecule has 2 rings (SSSR count). The molecule has 0 aliphatic heterocycles. The minimum Gasteiger partial charge on any atom is -0.495 e. The lowest BCUT2D eigenvalue weighted by molar-refractivity contribution is -0.114. The fraction of sp³-hybridized carbons (Fsp3) is 0.200. The molecule has 128 valence electrons. The fourth-order valence-electron chi connectivity index (χ4n) is 1.98. The van der Waals surface area contributed by atoms with Gasteiger partial charge in [-0.05, 0) is 30.3 Å². The van der Waals surface area contributed by atoms with Gasteiger partial charge >= 0.3 is 0 Å². The molecule has 1 amide bonds. The van der Waals surface area contributed by atoms with E-state index in [-0.39, 0.29) is 10.7 Å². The molecule has 1 aromatic carbocycles. The standard InChI is InChI=1S/C15H16ClN3O4S/c1-23-14-6-5-12(8-13(14)16)19(24(2,21)22)10-15(20)18-11-4-3-7-17-9-11/h3-9H,10H2,1-2H3,(H,18,20). The quantitative estimate of drug-likeness (QED) is 0.842. The normalized spacial score (nSPS) is 11.0. The number of hydrogen-bond donors (Lipinski definition) is 1. The molecule has 0 fully saturated rings. The van der Waals surface area contributed by atoms with E-state index in [0.717, 1.165) is 10.6 Å². The highest BCUT2D eigenvalue weighted by atomic mass is 35.5. The van der Waals surface area contributed by atoms with Crippen LogP contribution in [0.4, 0.5) is 11.4 Å². The number of pyridine rings is 1. The summed E-state index contributed by atoms with van der Waals surface area (Å²) in [5, 5.41) is 2.83. The first kappa shape index (κ1) is 18.0.